The molecule has 4 nitrogen and oxygen atoms in total. The Morgan fingerprint density at radius 2 is 1.90 bits per heavy atom. The summed E-state index contributed by atoms with van der Waals surface area (Å²) in [4.78, 5) is 20.2. The number of aryl methyl sites for hydroxylation is 1. The summed E-state index contributed by atoms with van der Waals surface area (Å²) in [5.41, 5.74) is 0.539. The molecule has 2 heterocycles. The Hall–Kier alpha value is -1.96. The highest BCUT2D eigenvalue weighted by Crippen LogP contribution is 2.27. The van der Waals surface area contributed by atoms with Gasteiger partial charge in [0, 0.05) is 22.7 Å². The van der Waals surface area contributed by atoms with Gasteiger partial charge in [0.05, 0.1) is 17.7 Å². The zero-order valence-corrected chi connectivity index (χ0v) is 12.1. The van der Waals surface area contributed by atoms with E-state index in [0.717, 1.165) is 10.4 Å². The Morgan fingerprint density at radius 3 is 2.38 bits per heavy atom. The van der Waals surface area contributed by atoms with Crippen molar-refractivity contribution >= 4 is 17.2 Å². The Kier molecular flexibility index (Phi) is 4.26. The zero-order valence-electron chi connectivity index (χ0n) is 11.3. The second-order valence-corrected chi connectivity index (χ2v) is 5.48. The van der Waals surface area contributed by atoms with Gasteiger partial charge in [-0.25, -0.2) is 9.97 Å². The summed E-state index contributed by atoms with van der Waals surface area (Å²) in [5.74, 6) is -0.165. The molecule has 0 atom stereocenters. The lowest BCUT2D eigenvalue weighted by Gasteiger charge is -2.07. The third kappa shape index (κ3) is 3.57. The molecule has 0 bridgehead atoms. The molecule has 0 aliphatic heterocycles. The number of thiophene rings is 1. The number of carbonyl (C=O) groups excluding carboxylic acids is 1. The van der Waals surface area contributed by atoms with Crippen molar-refractivity contribution in [2.75, 3.05) is 0 Å². The Labute approximate surface area is 123 Å². The number of hydrogen-bond donors (Lipinski definition) is 1. The quantitative estimate of drug-likeness (QED) is 0.947. The molecule has 0 saturated heterocycles. The second-order valence-electron chi connectivity index (χ2n) is 4.40. The molecular formula is C13H12F3N3OS. The van der Waals surface area contributed by atoms with E-state index < -0.39 is 11.7 Å². The number of nitrogens with one attached hydrogen (secondary N) is 1. The second kappa shape index (κ2) is 5.80. The molecule has 0 radical (unpaired) electrons. The molecular weight excluding hydrogens is 303 g/mol. The average molecular weight is 315 g/mol. The van der Waals surface area contributed by atoms with Gasteiger partial charge in [0.1, 0.15) is 5.82 Å². The molecule has 0 saturated carbocycles. The van der Waals surface area contributed by atoms with Crippen molar-refractivity contribution in [2.45, 2.75) is 26.6 Å². The van der Waals surface area contributed by atoms with Crippen LogP contribution >= 0.6 is 11.3 Å². The van der Waals surface area contributed by atoms with E-state index in [2.05, 4.69) is 15.3 Å². The first-order chi connectivity index (χ1) is 9.79. The number of carbonyl (C=O) groups is 1. The summed E-state index contributed by atoms with van der Waals surface area (Å²) in [7, 11) is 0. The van der Waals surface area contributed by atoms with E-state index >= 15 is 0 Å². The first kappa shape index (κ1) is 15.4. The third-order valence-corrected chi connectivity index (χ3v) is 3.98. The van der Waals surface area contributed by atoms with Gasteiger partial charge in [-0.1, -0.05) is 0 Å². The fourth-order valence-corrected chi connectivity index (χ4v) is 2.45. The summed E-state index contributed by atoms with van der Waals surface area (Å²) in [6.07, 6.45) is -3.06. The highest BCUT2D eigenvalue weighted by molar-refractivity contribution is 7.10. The van der Waals surface area contributed by atoms with Crippen LogP contribution in [0.4, 0.5) is 13.2 Å². The van der Waals surface area contributed by atoms with Crippen LogP contribution in [0.3, 0.4) is 0 Å². The van der Waals surface area contributed by atoms with Gasteiger partial charge in [0.15, 0.2) is 0 Å². The lowest BCUT2D eigenvalue weighted by atomic mass is 10.1. The van der Waals surface area contributed by atoms with Crippen molar-refractivity contribution in [3.8, 4) is 0 Å². The maximum atomic E-state index is 12.4. The minimum absolute atomic E-state index is 0.0225. The Bertz CT molecular complexity index is 650. The van der Waals surface area contributed by atoms with Crippen molar-refractivity contribution in [2.24, 2.45) is 0 Å². The minimum Gasteiger partial charge on any atom is -0.345 e. The number of alkyl halides is 3. The molecule has 0 aliphatic rings. The molecule has 0 unspecified atom stereocenters. The maximum absolute atomic E-state index is 12.4. The molecule has 0 spiro atoms. The van der Waals surface area contributed by atoms with Crippen LogP contribution in [0.5, 0.6) is 0 Å². The summed E-state index contributed by atoms with van der Waals surface area (Å²) in [6, 6.07) is 0. The maximum Gasteiger partial charge on any atom is 0.419 e. The van der Waals surface area contributed by atoms with Crippen LogP contribution in [0.1, 0.15) is 32.2 Å². The summed E-state index contributed by atoms with van der Waals surface area (Å²) in [5, 5.41) is 4.33. The Balaban J connectivity index is 2.00. The van der Waals surface area contributed by atoms with Crippen molar-refractivity contribution in [3.63, 3.8) is 0 Å². The molecule has 2 aromatic heterocycles. The molecule has 0 aliphatic carbocycles. The molecule has 2 rings (SSSR count). The predicted octanol–water partition coefficient (Wildman–Crippen LogP) is 3.10. The van der Waals surface area contributed by atoms with Crippen LogP contribution in [0, 0.1) is 13.8 Å². The first-order valence-corrected chi connectivity index (χ1v) is 6.88. The van der Waals surface area contributed by atoms with Crippen molar-refractivity contribution in [3.05, 3.63) is 45.2 Å². The Morgan fingerprint density at radius 1 is 1.29 bits per heavy atom. The molecule has 21 heavy (non-hydrogen) atoms. The van der Waals surface area contributed by atoms with Crippen LogP contribution in [0.2, 0.25) is 0 Å². The van der Waals surface area contributed by atoms with Crippen LogP contribution in [-0.2, 0) is 12.7 Å². The summed E-state index contributed by atoms with van der Waals surface area (Å²) < 4.78 is 37.1. The van der Waals surface area contributed by atoms with Crippen LogP contribution in [-0.4, -0.2) is 15.9 Å². The van der Waals surface area contributed by atoms with E-state index in [0.29, 0.717) is 18.0 Å². The topological polar surface area (TPSA) is 54.9 Å². The van der Waals surface area contributed by atoms with Gasteiger partial charge < -0.3 is 5.32 Å². The average Bonchev–Trinajstić information content (AvgIpc) is 2.76. The summed E-state index contributed by atoms with van der Waals surface area (Å²) >= 11 is 1.47. The first-order valence-electron chi connectivity index (χ1n) is 6.00. The van der Waals surface area contributed by atoms with Crippen LogP contribution < -0.4 is 5.32 Å². The normalized spacial score (nSPS) is 11.5. The van der Waals surface area contributed by atoms with E-state index in [4.69, 9.17) is 0 Å². The van der Waals surface area contributed by atoms with Gasteiger partial charge in [-0.15, -0.1) is 11.3 Å². The number of halogens is 3. The lowest BCUT2D eigenvalue weighted by molar-refractivity contribution is -0.138. The molecule has 2 aromatic rings. The van der Waals surface area contributed by atoms with E-state index in [1.807, 2.05) is 13.8 Å². The standard InChI is InChI=1S/C13H12F3N3OS/c1-7-8(2)21-6-10(7)12(20)19-5-11-17-3-9(4-18-11)13(14,15)16/h3-4,6H,5H2,1-2H3,(H,19,20). The fraction of sp³-hybridized carbons (Fsp3) is 0.308. The molecule has 0 aromatic carbocycles. The van der Waals surface area contributed by atoms with E-state index in [1.54, 1.807) is 5.38 Å². The lowest BCUT2D eigenvalue weighted by Crippen LogP contribution is -2.24. The molecule has 8 heteroatoms. The highest BCUT2D eigenvalue weighted by atomic mass is 32.1. The van der Waals surface area contributed by atoms with Gasteiger partial charge in [0.2, 0.25) is 0 Å². The number of aromatic nitrogens is 2. The van der Waals surface area contributed by atoms with Crippen molar-refractivity contribution in [1.82, 2.24) is 15.3 Å². The van der Waals surface area contributed by atoms with Gasteiger partial charge in [-0.05, 0) is 19.4 Å². The number of nitrogens with zero attached hydrogens (tertiary/aromatic N) is 2. The number of rotatable bonds is 3. The molecule has 0 fully saturated rings. The van der Waals surface area contributed by atoms with Gasteiger partial charge in [-0.2, -0.15) is 13.2 Å². The van der Waals surface area contributed by atoms with Crippen LogP contribution in [0.25, 0.3) is 0 Å². The smallest absolute Gasteiger partial charge is 0.345 e. The summed E-state index contributed by atoms with van der Waals surface area (Å²) in [6.45, 7) is 3.73. The number of amides is 1. The third-order valence-electron chi connectivity index (χ3n) is 2.97. The molecule has 1 N–H and O–H groups in total. The predicted molar refractivity (Wildman–Crippen MR) is 72.0 cm³/mol. The largest absolute Gasteiger partial charge is 0.419 e. The number of hydrogen-bond acceptors (Lipinski definition) is 4. The van der Waals surface area contributed by atoms with Gasteiger partial charge in [-0.3, -0.25) is 4.79 Å². The molecule has 1 amide bonds. The van der Waals surface area contributed by atoms with Crippen molar-refractivity contribution in [1.29, 1.82) is 0 Å². The van der Waals surface area contributed by atoms with E-state index in [9.17, 15) is 18.0 Å². The van der Waals surface area contributed by atoms with Crippen LogP contribution in [0.15, 0.2) is 17.8 Å². The van der Waals surface area contributed by atoms with Gasteiger partial charge >= 0.3 is 6.18 Å². The fourth-order valence-electron chi connectivity index (χ4n) is 1.58. The monoisotopic (exact) mass is 315 g/mol. The van der Waals surface area contributed by atoms with Crippen molar-refractivity contribution < 1.29 is 18.0 Å². The minimum atomic E-state index is -4.47. The van der Waals surface area contributed by atoms with E-state index in [1.165, 1.54) is 11.3 Å². The zero-order chi connectivity index (χ0) is 15.6. The molecule has 112 valence electrons. The van der Waals surface area contributed by atoms with Gasteiger partial charge in [0.25, 0.3) is 5.91 Å². The SMILES string of the molecule is Cc1scc(C(=O)NCc2ncc(C(F)(F)F)cn2)c1C. The highest BCUT2D eigenvalue weighted by Gasteiger charge is 2.31. The van der Waals surface area contributed by atoms with E-state index in [-0.39, 0.29) is 18.3 Å².